The van der Waals surface area contributed by atoms with Crippen molar-refractivity contribution in [1.82, 2.24) is 0 Å². The largest absolute Gasteiger partial charge is 0.326 e. The minimum absolute atomic E-state index is 0.653. The van der Waals surface area contributed by atoms with E-state index in [1.165, 1.54) is 14.7 Å². The molecule has 1 nitrogen and oxygen atoms in total. The van der Waals surface area contributed by atoms with E-state index in [2.05, 4.69) is 47.7 Å². The molecule has 0 atom stereocenters. The van der Waals surface area contributed by atoms with Crippen molar-refractivity contribution in [2.24, 2.45) is 5.73 Å². The molecule has 0 radical (unpaired) electrons. The highest BCUT2D eigenvalue weighted by molar-refractivity contribution is 14.1. The first kappa shape index (κ1) is 9.00. The molecule has 60 valence electrons. The lowest BCUT2D eigenvalue weighted by atomic mass is 10.1. The Balaban J connectivity index is 3.06. The van der Waals surface area contributed by atoms with Crippen molar-refractivity contribution in [3.05, 3.63) is 32.9 Å². The van der Waals surface area contributed by atoms with E-state index in [4.69, 9.17) is 5.73 Å². The van der Waals surface area contributed by atoms with Gasteiger partial charge in [0.1, 0.15) is 0 Å². The van der Waals surface area contributed by atoms with Crippen LogP contribution in [0.4, 0.5) is 0 Å². The first-order valence-corrected chi connectivity index (χ1v) is 4.83. The van der Waals surface area contributed by atoms with Crippen LogP contribution in [0.2, 0.25) is 0 Å². The zero-order valence-electron chi connectivity index (χ0n) is 6.60. The van der Waals surface area contributed by atoms with Gasteiger partial charge in [-0.3, -0.25) is 0 Å². The highest BCUT2D eigenvalue weighted by Crippen LogP contribution is 2.13. The number of rotatable bonds is 2. The van der Waals surface area contributed by atoms with E-state index in [0.29, 0.717) is 6.54 Å². The predicted octanol–water partition coefficient (Wildman–Crippen LogP) is 2.31. The number of nitrogens with two attached hydrogens (primary N) is 1. The summed E-state index contributed by atoms with van der Waals surface area (Å²) in [5.41, 5.74) is 8.22. The number of hydrogen-bond acceptors (Lipinski definition) is 1. The van der Waals surface area contributed by atoms with Gasteiger partial charge in [-0.15, -0.1) is 0 Å². The lowest BCUT2D eigenvalue weighted by Gasteiger charge is -2.04. The topological polar surface area (TPSA) is 26.0 Å². The molecule has 0 heterocycles. The number of benzene rings is 1. The first-order chi connectivity index (χ1) is 5.27. The van der Waals surface area contributed by atoms with Crippen LogP contribution in [0.5, 0.6) is 0 Å². The summed E-state index contributed by atoms with van der Waals surface area (Å²) in [5.74, 6) is 0. The maximum absolute atomic E-state index is 5.57. The van der Waals surface area contributed by atoms with Gasteiger partial charge in [0.2, 0.25) is 0 Å². The maximum Gasteiger partial charge on any atom is 0.0180 e. The molecule has 1 rings (SSSR count). The lowest BCUT2D eigenvalue weighted by Crippen LogP contribution is -2.00. The van der Waals surface area contributed by atoms with Gasteiger partial charge in [0, 0.05) is 10.1 Å². The fourth-order valence-corrected chi connectivity index (χ4v) is 1.68. The van der Waals surface area contributed by atoms with Crippen molar-refractivity contribution in [1.29, 1.82) is 0 Å². The molecule has 0 aromatic heterocycles. The Bertz CT molecular complexity index is 245. The molecule has 0 bridgehead atoms. The third-order valence-electron chi connectivity index (χ3n) is 1.77. The van der Waals surface area contributed by atoms with Gasteiger partial charge < -0.3 is 5.73 Å². The van der Waals surface area contributed by atoms with Crippen molar-refractivity contribution in [2.45, 2.75) is 19.9 Å². The Hall–Kier alpha value is -0.0900. The molecular weight excluding hydrogens is 249 g/mol. The van der Waals surface area contributed by atoms with Gasteiger partial charge in [-0.1, -0.05) is 13.0 Å². The Kier molecular flexibility index (Phi) is 3.33. The van der Waals surface area contributed by atoms with Crippen molar-refractivity contribution < 1.29 is 0 Å². The zero-order valence-corrected chi connectivity index (χ0v) is 8.76. The number of aryl methyl sites for hydroxylation is 1. The minimum atomic E-state index is 0.653. The Labute approximate surface area is 81.1 Å². The molecule has 0 aliphatic carbocycles. The van der Waals surface area contributed by atoms with Crippen LogP contribution in [-0.2, 0) is 13.0 Å². The SMILES string of the molecule is CCc1cc(I)ccc1CN. The average Bonchev–Trinajstić information content (AvgIpc) is 2.04. The summed E-state index contributed by atoms with van der Waals surface area (Å²) in [5, 5.41) is 0. The second kappa shape index (κ2) is 4.07. The van der Waals surface area contributed by atoms with E-state index in [-0.39, 0.29) is 0 Å². The molecule has 11 heavy (non-hydrogen) atoms. The fraction of sp³-hybridized carbons (Fsp3) is 0.333. The van der Waals surface area contributed by atoms with Gasteiger partial charge in [0.25, 0.3) is 0 Å². The van der Waals surface area contributed by atoms with Crippen LogP contribution < -0.4 is 5.73 Å². The third-order valence-corrected chi connectivity index (χ3v) is 2.44. The standard InChI is InChI=1S/C9H12IN/c1-2-7-5-9(10)4-3-8(7)6-11/h3-5H,2,6,11H2,1H3. The summed E-state index contributed by atoms with van der Waals surface area (Å²) in [6, 6.07) is 6.41. The van der Waals surface area contributed by atoms with Gasteiger partial charge in [-0.25, -0.2) is 0 Å². The van der Waals surface area contributed by atoms with Crippen molar-refractivity contribution in [3.8, 4) is 0 Å². The monoisotopic (exact) mass is 261 g/mol. The van der Waals surface area contributed by atoms with Gasteiger partial charge in [-0.05, 0) is 52.3 Å². The second-order valence-electron chi connectivity index (χ2n) is 2.47. The summed E-state index contributed by atoms with van der Waals surface area (Å²) < 4.78 is 1.29. The zero-order chi connectivity index (χ0) is 8.27. The number of halogens is 1. The Morgan fingerprint density at radius 2 is 2.09 bits per heavy atom. The van der Waals surface area contributed by atoms with Crippen LogP contribution in [-0.4, -0.2) is 0 Å². The normalized spacial score (nSPS) is 10.1. The van der Waals surface area contributed by atoms with Crippen molar-refractivity contribution >= 4 is 22.6 Å². The fourth-order valence-electron chi connectivity index (χ4n) is 1.12. The highest BCUT2D eigenvalue weighted by Gasteiger charge is 1.97. The summed E-state index contributed by atoms with van der Waals surface area (Å²) in [7, 11) is 0. The molecule has 0 aliphatic heterocycles. The van der Waals surface area contributed by atoms with Crippen LogP contribution >= 0.6 is 22.6 Å². The van der Waals surface area contributed by atoms with E-state index in [9.17, 15) is 0 Å². The van der Waals surface area contributed by atoms with Gasteiger partial charge in [-0.2, -0.15) is 0 Å². The van der Waals surface area contributed by atoms with Crippen LogP contribution in [0.15, 0.2) is 18.2 Å². The molecule has 0 amide bonds. The Morgan fingerprint density at radius 3 is 2.64 bits per heavy atom. The van der Waals surface area contributed by atoms with Crippen LogP contribution in [0.3, 0.4) is 0 Å². The summed E-state index contributed by atoms with van der Waals surface area (Å²) in [4.78, 5) is 0. The number of hydrogen-bond donors (Lipinski definition) is 1. The van der Waals surface area contributed by atoms with Gasteiger partial charge >= 0.3 is 0 Å². The second-order valence-corrected chi connectivity index (χ2v) is 3.72. The maximum atomic E-state index is 5.57. The summed E-state index contributed by atoms with van der Waals surface area (Å²) in [6.07, 6.45) is 1.07. The van der Waals surface area contributed by atoms with Crippen molar-refractivity contribution in [2.75, 3.05) is 0 Å². The van der Waals surface area contributed by atoms with E-state index in [1.54, 1.807) is 0 Å². The molecular formula is C9H12IN. The third kappa shape index (κ3) is 2.17. The Morgan fingerprint density at radius 1 is 1.36 bits per heavy atom. The molecule has 0 unspecified atom stereocenters. The van der Waals surface area contributed by atoms with Gasteiger partial charge in [0.15, 0.2) is 0 Å². The molecule has 0 saturated carbocycles. The minimum Gasteiger partial charge on any atom is -0.326 e. The van der Waals surface area contributed by atoms with E-state index in [1.807, 2.05) is 0 Å². The molecule has 1 aromatic carbocycles. The molecule has 0 aliphatic rings. The summed E-state index contributed by atoms with van der Waals surface area (Å²) >= 11 is 2.32. The van der Waals surface area contributed by atoms with Crippen LogP contribution in [0.1, 0.15) is 18.1 Å². The van der Waals surface area contributed by atoms with Crippen LogP contribution in [0, 0.1) is 3.57 Å². The van der Waals surface area contributed by atoms with Crippen molar-refractivity contribution in [3.63, 3.8) is 0 Å². The lowest BCUT2D eigenvalue weighted by molar-refractivity contribution is 1.00. The molecule has 0 spiro atoms. The quantitative estimate of drug-likeness (QED) is 0.812. The molecule has 2 heteroatoms. The smallest absolute Gasteiger partial charge is 0.0180 e. The highest BCUT2D eigenvalue weighted by atomic mass is 127. The molecule has 0 fully saturated rings. The van der Waals surface area contributed by atoms with E-state index < -0.39 is 0 Å². The molecule has 0 saturated heterocycles. The van der Waals surface area contributed by atoms with E-state index >= 15 is 0 Å². The molecule has 1 aromatic rings. The average molecular weight is 261 g/mol. The molecule has 2 N–H and O–H groups in total. The summed E-state index contributed by atoms with van der Waals surface area (Å²) in [6.45, 7) is 2.81. The predicted molar refractivity (Wildman–Crippen MR) is 56.4 cm³/mol. The van der Waals surface area contributed by atoms with E-state index in [0.717, 1.165) is 6.42 Å². The van der Waals surface area contributed by atoms with Gasteiger partial charge in [0.05, 0.1) is 0 Å². The van der Waals surface area contributed by atoms with Crippen LogP contribution in [0.25, 0.3) is 0 Å². The first-order valence-electron chi connectivity index (χ1n) is 3.75.